The first-order valence-electron chi connectivity index (χ1n) is 36.9. The predicted octanol–water partition coefficient (Wildman–Crippen LogP) is 8.97. The molecule has 115 heavy (non-hydrogen) atoms. The van der Waals surface area contributed by atoms with Crippen molar-refractivity contribution >= 4 is 88.7 Å². The topological polar surface area (TPSA) is 314 Å². The maximum Gasteiger partial charge on any atom is 0.356 e. The van der Waals surface area contributed by atoms with Gasteiger partial charge in [0.05, 0.1) is 30.8 Å². The van der Waals surface area contributed by atoms with Crippen LogP contribution in [-0.2, 0) is 79.0 Å². The number of amides is 2. The standard InChI is InChI=1S/C28H32N6O3.C25H28N6O3.C16H24N2O2.C12H10N4O2.2CH4.4H2S/c1-28(2)36-24(25(37-28)18-33-11-10-19-6-4-5-7-20(19)15-33)13-29-27(35)23-17-34-16-21(8-9-26(34)31-23)22-12-30-32(3)14-22;1-29-12-20(10-27-29)19-6-7-24-28-21(15-31(24)14-19)25(34)26-11-22(32)23(33)16-30-9-8-17-4-2-3-5-18(17)13-30;1-16(2)19-14(9-17)15(20-16)11-18-8-7-12-5-3-4-6-13(12)10-18;1-15-5-9(4-13-15)8-2-3-11-14-10(12(17)18)7-16(11)6-8;;;;;;/h4-9,12,14,16-17,24-25H,10-11,13,15,18H2,1-3H3,(H,29,35);2-7,10,12,14-15,22-23,32-33H,8-9,11,13,16H2,1H3,(H,26,34);3-6,14-15H,7-11,17H2,1-2H3;2-7H,1H3,(H,17,18);2*1H4;4*1H2/t24-,25-;22-,23-;14-,15-;;;;;;;/m000......./s1. The second-order valence-corrected chi connectivity index (χ2v) is 29.4. The number of aromatic nitrogens is 12. The highest BCUT2D eigenvalue weighted by Gasteiger charge is 2.43. The molecule has 0 bridgehead atoms. The van der Waals surface area contributed by atoms with Crippen molar-refractivity contribution in [2.75, 3.05) is 58.9 Å². The molecule has 0 spiro atoms. The van der Waals surface area contributed by atoms with E-state index in [-0.39, 0.29) is 117 Å². The van der Waals surface area contributed by atoms with E-state index in [4.69, 9.17) is 29.8 Å². The summed E-state index contributed by atoms with van der Waals surface area (Å²) in [5.74, 6) is -2.86. The number of ether oxygens (including phenoxy) is 4. The number of aryl methyl sites for hydroxylation is 3. The van der Waals surface area contributed by atoms with E-state index in [2.05, 4.69) is 116 Å². The molecule has 28 nitrogen and oxygen atoms in total. The minimum atomic E-state index is -1.07. The van der Waals surface area contributed by atoms with E-state index in [9.17, 15) is 24.6 Å². The number of nitrogens with two attached hydrogens (primary N) is 1. The summed E-state index contributed by atoms with van der Waals surface area (Å²) in [6.45, 7) is 16.1. The van der Waals surface area contributed by atoms with Gasteiger partial charge in [0, 0.05) is 189 Å². The summed E-state index contributed by atoms with van der Waals surface area (Å²) in [6.07, 6.45) is 22.4. The SMILES string of the molecule is C.C.CC1(C)O[C@@H](CN)[C@H](CN2CCc3ccccc3C2)O1.Cn1cc(-c2ccc3nc(C(=O)NC[C@@H]4OC(C)(C)O[C@H]4CN4CCc5ccccc5C4)cn3c2)cn1.Cn1cc(-c2ccc3nc(C(=O)NC[C@H](O)[C@@H](O)CN4CCc5ccccc5C4)cn3c2)cn1.Cn1cc(-c2ccc3nc(C(=O)O)cn3c2)cn1.S.S.S.S. The number of nitrogens with one attached hydrogen (secondary N) is 2. The number of aliphatic hydroxyl groups is 2. The maximum absolute atomic E-state index is 13.0. The molecule has 2 amide bonds. The van der Waals surface area contributed by atoms with Gasteiger partial charge < -0.3 is 63.8 Å². The van der Waals surface area contributed by atoms with Gasteiger partial charge in [-0.1, -0.05) is 87.6 Å². The van der Waals surface area contributed by atoms with Gasteiger partial charge in [-0.05, 0) is 117 Å². The molecule has 9 aromatic heterocycles. The van der Waals surface area contributed by atoms with Crippen LogP contribution in [0.4, 0.5) is 0 Å². The molecule has 2 fully saturated rings. The number of fused-ring (bicyclic) bond motifs is 6. The summed E-state index contributed by atoms with van der Waals surface area (Å²) in [6, 6.07) is 36.9. The number of aromatic carboxylic acids is 1. The largest absolute Gasteiger partial charge is 0.476 e. The molecule has 0 saturated carbocycles. The number of imidazole rings is 3. The van der Waals surface area contributed by atoms with Gasteiger partial charge in [0.1, 0.15) is 52.7 Å². The highest BCUT2D eigenvalue weighted by atomic mass is 32.1. The lowest BCUT2D eigenvalue weighted by atomic mass is 9.99. The van der Waals surface area contributed by atoms with Crippen LogP contribution in [0.2, 0.25) is 0 Å². The van der Waals surface area contributed by atoms with Gasteiger partial charge in [-0.3, -0.25) is 38.3 Å². The smallest absolute Gasteiger partial charge is 0.356 e. The average Bonchev–Trinajstić information content (AvgIpc) is 1.71. The Labute approximate surface area is 698 Å². The van der Waals surface area contributed by atoms with Crippen LogP contribution < -0.4 is 16.4 Å². The van der Waals surface area contributed by atoms with Gasteiger partial charge in [-0.15, -0.1) is 0 Å². The molecule has 0 unspecified atom stereocenters. The number of carboxylic acids is 1. The van der Waals surface area contributed by atoms with Gasteiger partial charge >= 0.3 is 5.97 Å². The van der Waals surface area contributed by atoms with Crippen molar-refractivity contribution in [2.45, 2.75) is 130 Å². The predicted molar refractivity (Wildman–Crippen MR) is 464 cm³/mol. The number of β-amino-alcohol motifs (C(OH)–C–C–N with tert-alkyl or cyclic N) is 1. The Hall–Kier alpha value is -9.23. The molecule has 32 heteroatoms. The van der Waals surface area contributed by atoms with Crippen LogP contribution in [0.5, 0.6) is 0 Å². The number of aliphatic hydroxyl groups excluding tert-OH is 2. The fourth-order valence-corrected chi connectivity index (χ4v) is 14.8. The Bertz CT molecular complexity index is 5210. The van der Waals surface area contributed by atoms with E-state index in [1.807, 2.05) is 139 Å². The minimum Gasteiger partial charge on any atom is -0.476 e. The number of hydrogen-bond donors (Lipinski definition) is 6. The van der Waals surface area contributed by atoms with E-state index in [1.54, 1.807) is 53.7 Å². The van der Waals surface area contributed by atoms with Crippen LogP contribution >= 0.6 is 54.0 Å². The average molecular weight is 1650 g/mol. The zero-order valence-electron chi connectivity index (χ0n) is 64.4. The first-order valence-corrected chi connectivity index (χ1v) is 36.9. The van der Waals surface area contributed by atoms with Crippen molar-refractivity contribution in [1.29, 1.82) is 0 Å². The monoisotopic (exact) mass is 1650 g/mol. The Balaban J connectivity index is 0.000000196. The van der Waals surface area contributed by atoms with E-state index in [0.29, 0.717) is 42.3 Å². The van der Waals surface area contributed by atoms with Gasteiger partial charge in [0.2, 0.25) is 0 Å². The van der Waals surface area contributed by atoms with Crippen molar-refractivity contribution in [3.63, 3.8) is 0 Å². The van der Waals surface area contributed by atoms with Crippen LogP contribution in [-0.4, -0.2) is 212 Å². The van der Waals surface area contributed by atoms with Gasteiger partial charge in [-0.2, -0.15) is 69.3 Å². The van der Waals surface area contributed by atoms with Gasteiger partial charge in [0.25, 0.3) is 11.8 Å². The second kappa shape index (κ2) is 40.1. The molecular weight excluding hydrogens is 1540 g/mol. The first kappa shape index (κ1) is 91.3. The van der Waals surface area contributed by atoms with E-state index < -0.39 is 35.7 Å². The third kappa shape index (κ3) is 22.7. The van der Waals surface area contributed by atoms with Crippen LogP contribution in [0.15, 0.2) is 184 Å². The molecule has 6 atom stereocenters. The summed E-state index contributed by atoms with van der Waals surface area (Å²) < 4.78 is 34.9. The van der Waals surface area contributed by atoms with E-state index in [1.165, 1.54) is 39.6 Å². The molecule has 3 aromatic carbocycles. The molecule has 17 rings (SSSR count). The summed E-state index contributed by atoms with van der Waals surface area (Å²) in [4.78, 5) is 56.3. The Kier molecular flexibility index (Phi) is 31.8. The normalized spacial score (nSPS) is 18.3. The van der Waals surface area contributed by atoms with Crippen molar-refractivity contribution < 1.29 is 48.7 Å². The summed E-state index contributed by atoms with van der Waals surface area (Å²) in [5.41, 5.74) is 22.6. The summed E-state index contributed by atoms with van der Waals surface area (Å²) in [5, 5.41) is 48.0. The van der Waals surface area contributed by atoms with Crippen LogP contribution in [0.25, 0.3) is 50.3 Å². The Morgan fingerprint density at radius 3 is 1.19 bits per heavy atom. The lowest BCUT2D eigenvalue weighted by molar-refractivity contribution is -0.147. The number of carbonyl (C=O) groups is 3. The molecular formula is C83H110N18O10S4. The summed E-state index contributed by atoms with van der Waals surface area (Å²) >= 11 is 0. The highest BCUT2D eigenvalue weighted by Crippen LogP contribution is 2.33. The molecule has 2 saturated heterocycles. The first-order chi connectivity index (χ1) is 52.5. The maximum atomic E-state index is 13.0. The van der Waals surface area contributed by atoms with E-state index in [0.717, 1.165) is 105 Å². The Morgan fingerprint density at radius 1 is 0.452 bits per heavy atom. The van der Waals surface area contributed by atoms with Crippen LogP contribution in [0, 0.1) is 0 Å². The number of carbonyl (C=O) groups excluding carboxylic acids is 2. The number of benzene rings is 3. The second-order valence-electron chi connectivity index (χ2n) is 29.4. The van der Waals surface area contributed by atoms with Gasteiger partial charge in [0.15, 0.2) is 17.3 Å². The fraction of sp³-hybridized carbons (Fsp3) is 0.386. The van der Waals surface area contributed by atoms with Crippen LogP contribution in [0.3, 0.4) is 0 Å². The van der Waals surface area contributed by atoms with Crippen molar-refractivity contribution in [3.8, 4) is 33.4 Å². The third-order valence-corrected chi connectivity index (χ3v) is 20.3. The number of nitrogens with zero attached hydrogens (tertiary/aromatic N) is 15. The molecule has 7 N–H and O–H groups in total. The Morgan fingerprint density at radius 2 is 0.800 bits per heavy atom. The van der Waals surface area contributed by atoms with Crippen molar-refractivity contribution in [2.24, 2.45) is 26.9 Å². The zero-order valence-corrected chi connectivity index (χ0v) is 68.4. The highest BCUT2D eigenvalue weighted by molar-refractivity contribution is 7.59. The molecule has 0 aliphatic carbocycles. The fourth-order valence-electron chi connectivity index (χ4n) is 14.8. The van der Waals surface area contributed by atoms with Crippen LogP contribution in [0.1, 0.15) is 107 Å². The van der Waals surface area contributed by atoms with Crippen molar-refractivity contribution in [3.05, 3.63) is 234 Å². The van der Waals surface area contributed by atoms with Gasteiger partial charge in [-0.25, -0.2) is 19.7 Å². The molecule has 12 aromatic rings. The lowest BCUT2D eigenvalue weighted by Gasteiger charge is -2.31. The number of rotatable bonds is 18. The number of hydrogen-bond acceptors (Lipinski definition) is 19. The molecule has 0 radical (unpaired) electrons. The molecule has 616 valence electrons. The molecule has 5 aliphatic rings. The zero-order chi connectivity index (χ0) is 76.1. The van der Waals surface area contributed by atoms with E-state index >= 15 is 0 Å². The minimum absolute atomic E-state index is 0. The molecule has 5 aliphatic heterocycles. The quantitative estimate of drug-likeness (QED) is 0.0467. The number of pyridine rings is 3. The lowest BCUT2D eigenvalue weighted by Crippen LogP contribution is -2.45. The number of carboxylic acid groups (broad SMARTS) is 1. The van der Waals surface area contributed by atoms with Crippen molar-refractivity contribution in [1.82, 2.24) is 82.8 Å². The third-order valence-electron chi connectivity index (χ3n) is 20.3. The molecule has 14 heterocycles. The summed E-state index contributed by atoms with van der Waals surface area (Å²) in [7, 11) is 5.60.